The van der Waals surface area contributed by atoms with Crippen LogP contribution < -0.4 is 15.4 Å². The fourth-order valence-corrected chi connectivity index (χ4v) is 2.68. The van der Waals surface area contributed by atoms with Crippen molar-refractivity contribution < 1.29 is 14.6 Å². The lowest BCUT2D eigenvalue weighted by molar-refractivity contribution is -0.0290. The first-order valence-corrected chi connectivity index (χ1v) is 8.50. The SMILES string of the molecule is Cc1ccc(CNC(=O)NCC2(O)CCC2)c(OCC2CC2)c1. The fraction of sp³-hybridized carbons (Fsp3) is 0.611. The van der Waals surface area contributed by atoms with E-state index in [1.54, 1.807) is 0 Å². The fourth-order valence-electron chi connectivity index (χ4n) is 2.68. The van der Waals surface area contributed by atoms with E-state index >= 15 is 0 Å². The van der Waals surface area contributed by atoms with Gasteiger partial charge in [0.25, 0.3) is 0 Å². The number of amides is 2. The summed E-state index contributed by atoms with van der Waals surface area (Å²) in [5, 5.41) is 15.6. The summed E-state index contributed by atoms with van der Waals surface area (Å²) in [5.74, 6) is 1.55. The first-order valence-electron chi connectivity index (χ1n) is 8.50. The Labute approximate surface area is 137 Å². The van der Waals surface area contributed by atoms with Gasteiger partial charge < -0.3 is 20.5 Å². The molecule has 126 valence electrons. The van der Waals surface area contributed by atoms with Gasteiger partial charge >= 0.3 is 6.03 Å². The maximum atomic E-state index is 11.9. The van der Waals surface area contributed by atoms with E-state index in [-0.39, 0.29) is 6.03 Å². The van der Waals surface area contributed by atoms with Crippen molar-refractivity contribution in [1.29, 1.82) is 0 Å². The number of aliphatic hydroxyl groups is 1. The number of ether oxygens (including phenoxy) is 1. The van der Waals surface area contributed by atoms with Crippen LogP contribution in [0, 0.1) is 12.8 Å². The van der Waals surface area contributed by atoms with Gasteiger partial charge in [0, 0.05) is 18.7 Å². The minimum Gasteiger partial charge on any atom is -0.493 e. The Morgan fingerprint density at radius 2 is 2.13 bits per heavy atom. The highest BCUT2D eigenvalue weighted by Crippen LogP contribution is 2.31. The molecule has 0 unspecified atom stereocenters. The van der Waals surface area contributed by atoms with Crippen molar-refractivity contribution in [2.75, 3.05) is 13.2 Å². The van der Waals surface area contributed by atoms with Crippen LogP contribution in [-0.2, 0) is 6.54 Å². The van der Waals surface area contributed by atoms with Gasteiger partial charge in [0.2, 0.25) is 0 Å². The summed E-state index contributed by atoms with van der Waals surface area (Å²) < 4.78 is 5.90. The molecule has 0 aliphatic heterocycles. The smallest absolute Gasteiger partial charge is 0.315 e. The zero-order valence-corrected chi connectivity index (χ0v) is 13.7. The Balaban J connectivity index is 1.48. The lowest BCUT2D eigenvalue weighted by atomic mass is 9.80. The molecule has 5 heteroatoms. The number of carbonyl (C=O) groups excluding carboxylic acids is 1. The van der Waals surface area contributed by atoms with Crippen LogP contribution in [0.15, 0.2) is 18.2 Å². The number of hydrogen-bond acceptors (Lipinski definition) is 3. The second kappa shape index (κ2) is 6.79. The Morgan fingerprint density at radius 1 is 1.35 bits per heavy atom. The third-order valence-electron chi connectivity index (χ3n) is 4.70. The van der Waals surface area contributed by atoms with Gasteiger partial charge in [0.15, 0.2) is 0 Å². The molecule has 0 heterocycles. The van der Waals surface area contributed by atoms with Crippen molar-refractivity contribution in [1.82, 2.24) is 10.6 Å². The largest absolute Gasteiger partial charge is 0.493 e. The summed E-state index contributed by atoms with van der Waals surface area (Å²) in [5.41, 5.74) is 1.43. The second-order valence-electron chi connectivity index (χ2n) is 6.98. The summed E-state index contributed by atoms with van der Waals surface area (Å²) in [6.45, 7) is 3.53. The van der Waals surface area contributed by atoms with Crippen LogP contribution in [0.25, 0.3) is 0 Å². The maximum Gasteiger partial charge on any atom is 0.315 e. The molecule has 3 N–H and O–H groups in total. The molecule has 0 spiro atoms. The quantitative estimate of drug-likeness (QED) is 0.723. The van der Waals surface area contributed by atoms with Gasteiger partial charge in [0.05, 0.1) is 12.2 Å². The molecule has 3 rings (SSSR count). The van der Waals surface area contributed by atoms with Gasteiger partial charge in [-0.25, -0.2) is 4.79 Å². The van der Waals surface area contributed by atoms with E-state index in [2.05, 4.69) is 10.6 Å². The van der Waals surface area contributed by atoms with E-state index < -0.39 is 5.60 Å². The molecule has 0 radical (unpaired) electrons. The molecule has 0 saturated heterocycles. The number of benzene rings is 1. The summed E-state index contributed by atoms with van der Waals surface area (Å²) in [7, 11) is 0. The molecule has 0 aromatic heterocycles. The molecule has 2 saturated carbocycles. The molecule has 1 aromatic rings. The summed E-state index contributed by atoms with van der Waals surface area (Å²) in [4.78, 5) is 11.9. The molecule has 5 nitrogen and oxygen atoms in total. The minimum absolute atomic E-state index is 0.251. The molecular weight excluding hydrogens is 292 g/mol. The molecule has 0 bridgehead atoms. The average Bonchev–Trinajstić information content (AvgIpc) is 3.32. The summed E-state index contributed by atoms with van der Waals surface area (Å²) in [6, 6.07) is 5.79. The second-order valence-corrected chi connectivity index (χ2v) is 6.98. The van der Waals surface area contributed by atoms with E-state index in [0.717, 1.165) is 42.7 Å². The summed E-state index contributed by atoms with van der Waals surface area (Å²) >= 11 is 0. The molecule has 2 fully saturated rings. The van der Waals surface area contributed by atoms with E-state index in [4.69, 9.17) is 4.74 Å². The van der Waals surface area contributed by atoms with E-state index in [1.165, 1.54) is 12.8 Å². The topological polar surface area (TPSA) is 70.6 Å². The zero-order chi connectivity index (χ0) is 16.3. The van der Waals surface area contributed by atoms with E-state index in [9.17, 15) is 9.90 Å². The van der Waals surface area contributed by atoms with Crippen LogP contribution in [0.3, 0.4) is 0 Å². The van der Waals surface area contributed by atoms with Crippen molar-refractivity contribution in [2.24, 2.45) is 5.92 Å². The first kappa shape index (κ1) is 16.1. The number of urea groups is 1. The predicted octanol–water partition coefficient (Wildman–Crippen LogP) is 2.50. The van der Waals surface area contributed by atoms with Crippen molar-refractivity contribution in [3.8, 4) is 5.75 Å². The standard InChI is InChI=1S/C18H26N2O3/c1-13-3-6-15(16(9-13)23-11-14-4-5-14)10-19-17(21)20-12-18(22)7-2-8-18/h3,6,9,14,22H,2,4-5,7-8,10-12H2,1H3,(H2,19,20,21). The molecule has 23 heavy (non-hydrogen) atoms. The maximum absolute atomic E-state index is 11.9. The van der Waals surface area contributed by atoms with Crippen LogP contribution in [0.5, 0.6) is 5.75 Å². The number of hydrogen-bond donors (Lipinski definition) is 3. The van der Waals surface area contributed by atoms with Crippen molar-refractivity contribution in [2.45, 2.75) is 51.2 Å². The Morgan fingerprint density at radius 3 is 2.78 bits per heavy atom. The minimum atomic E-state index is -0.695. The predicted molar refractivity (Wildman–Crippen MR) is 88.4 cm³/mol. The van der Waals surface area contributed by atoms with Crippen LogP contribution in [0.1, 0.15) is 43.2 Å². The highest BCUT2D eigenvalue weighted by molar-refractivity contribution is 5.74. The molecule has 2 aliphatic carbocycles. The van der Waals surface area contributed by atoms with Crippen molar-refractivity contribution >= 4 is 6.03 Å². The van der Waals surface area contributed by atoms with Crippen LogP contribution in [-0.4, -0.2) is 29.9 Å². The Kier molecular flexibility index (Phi) is 4.76. The highest BCUT2D eigenvalue weighted by atomic mass is 16.5. The van der Waals surface area contributed by atoms with Crippen molar-refractivity contribution in [3.63, 3.8) is 0 Å². The third-order valence-corrected chi connectivity index (χ3v) is 4.70. The average molecular weight is 318 g/mol. The number of aryl methyl sites for hydroxylation is 1. The van der Waals surface area contributed by atoms with Crippen LogP contribution >= 0.6 is 0 Å². The molecule has 2 amide bonds. The van der Waals surface area contributed by atoms with Crippen LogP contribution in [0.2, 0.25) is 0 Å². The molecule has 0 atom stereocenters. The Bertz CT molecular complexity index is 565. The van der Waals surface area contributed by atoms with Gasteiger partial charge in [0.1, 0.15) is 5.75 Å². The van der Waals surface area contributed by atoms with Gasteiger partial charge in [-0.1, -0.05) is 12.1 Å². The molecular formula is C18H26N2O3. The van der Waals surface area contributed by atoms with Gasteiger partial charge in [-0.15, -0.1) is 0 Å². The van der Waals surface area contributed by atoms with Crippen LogP contribution in [0.4, 0.5) is 4.79 Å². The zero-order valence-electron chi connectivity index (χ0n) is 13.7. The lowest BCUT2D eigenvalue weighted by Gasteiger charge is -2.36. The van der Waals surface area contributed by atoms with Gasteiger partial charge in [-0.3, -0.25) is 0 Å². The lowest BCUT2D eigenvalue weighted by Crippen LogP contribution is -2.49. The third kappa shape index (κ3) is 4.61. The van der Waals surface area contributed by atoms with E-state index in [0.29, 0.717) is 19.0 Å². The normalized spacial score (nSPS) is 18.9. The molecule has 2 aliphatic rings. The van der Waals surface area contributed by atoms with Crippen molar-refractivity contribution in [3.05, 3.63) is 29.3 Å². The van der Waals surface area contributed by atoms with Gasteiger partial charge in [-0.2, -0.15) is 0 Å². The van der Waals surface area contributed by atoms with E-state index in [1.807, 2.05) is 25.1 Å². The number of nitrogens with one attached hydrogen (secondary N) is 2. The Hall–Kier alpha value is -1.75. The van der Waals surface area contributed by atoms with Gasteiger partial charge in [-0.05, 0) is 56.6 Å². The monoisotopic (exact) mass is 318 g/mol. The summed E-state index contributed by atoms with van der Waals surface area (Å²) in [6.07, 6.45) is 5.08. The first-order chi connectivity index (χ1) is 11.0. The number of rotatable bonds is 7. The highest BCUT2D eigenvalue weighted by Gasteiger charge is 2.34. The number of carbonyl (C=O) groups is 1. The molecule has 1 aromatic carbocycles.